The van der Waals surface area contributed by atoms with Gasteiger partial charge in [0.05, 0.1) is 12.5 Å². The van der Waals surface area contributed by atoms with Crippen LogP contribution < -0.4 is 5.32 Å². The lowest BCUT2D eigenvalue weighted by atomic mass is 9.82. The third kappa shape index (κ3) is 4.37. The van der Waals surface area contributed by atoms with Gasteiger partial charge in [-0.2, -0.15) is 0 Å². The van der Waals surface area contributed by atoms with Crippen molar-refractivity contribution in [3.63, 3.8) is 0 Å². The van der Waals surface area contributed by atoms with E-state index >= 15 is 0 Å². The van der Waals surface area contributed by atoms with Gasteiger partial charge in [0.15, 0.2) is 0 Å². The lowest BCUT2D eigenvalue weighted by molar-refractivity contribution is -0.139. The number of ether oxygens (including phenoxy) is 1. The van der Waals surface area contributed by atoms with Crippen molar-refractivity contribution in [2.24, 2.45) is 5.41 Å². The van der Waals surface area contributed by atoms with Crippen LogP contribution in [0.2, 0.25) is 0 Å². The Hall–Kier alpha value is -1.30. The smallest absolute Gasteiger partial charge is 0.317 e. The molecule has 1 aliphatic rings. The lowest BCUT2D eigenvalue weighted by Gasteiger charge is -2.26. The molecule has 1 saturated heterocycles. The van der Waals surface area contributed by atoms with Crippen LogP contribution in [0.5, 0.6) is 0 Å². The molecular weight excluding hydrogens is 260 g/mol. The number of carbonyl (C=O) groups is 2. The molecule has 116 valence electrons. The molecule has 0 aromatic carbocycles. The topological polar surface area (TPSA) is 78.9 Å². The number of carboxylic acid groups (broad SMARTS) is 1. The van der Waals surface area contributed by atoms with Gasteiger partial charge in [-0.05, 0) is 24.7 Å². The van der Waals surface area contributed by atoms with Crippen molar-refractivity contribution in [2.45, 2.75) is 45.6 Å². The van der Waals surface area contributed by atoms with Crippen molar-refractivity contribution in [1.82, 2.24) is 10.2 Å². The number of urea groups is 1. The zero-order valence-corrected chi connectivity index (χ0v) is 12.6. The predicted octanol–water partition coefficient (Wildman–Crippen LogP) is 1.70. The highest BCUT2D eigenvalue weighted by molar-refractivity contribution is 5.74. The van der Waals surface area contributed by atoms with Gasteiger partial charge in [0, 0.05) is 26.7 Å². The van der Waals surface area contributed by atoms with Crippen molar-refractivity contribution < 1.29 is 19.4 Å². The van der Waals surface area contributed by atoms with Crippen molar-refractivity contribution in [2.75, 3.05) is 26.7 Å². The SMILES string of the molecule is CCC1(CC)CCN(C(=O)NCC(CC(=O)O)OC)C1. The highest BCUT2D eigenvalue weighted by Gasteiger charge is 2.37. The van der Waals surface area contributed by atoms with E-state index in [1.165, 1.54) is 7.11 Å². The van der Waals surface area contributed by atoms with Gasteiger partial charge >= 0.3 is 12.0 Å². The fourth-order valence-corrected chi connectivity index (χ4v) is 2.68. The highest BCUT2D eigenvalue weighted by atomic mass is 16.5. The van der Waals surface area contributed by atoms with E-state index in [9.17, 15) is 9.59 Å². The number of methoxy groups -OCH3 is 1. The van der Waals surface area contributed by atoms with Gasteiger partial charge in [-0.25, -0.2) is 4.79 Å². The zero-order chi connectivity index (χ0) is 15.2. The van der Waals surface area contributed by atoms with Gasteiger partial charge in [0.1, 0.15) is 0 Å². The minimum absolute atomic E-state index is 0.107. The van der Waals surface area contributed by atoms with Gasteiger partial charge in [-0.3, -0.25) is 4.79 Å². The monoisotopic (exact) mass is 286 g/mol. The van der Waals surface area contributed by atoms with Crippen LogP contribution in [-0.4, -0.2) is 54.9 Å². The summed E-state index contributed by atoms with van der Waals surface area (Å²) in [6, 6.07) is -0.124. The Morgan fingerprint density at radius 1 is 1.40 bits per heavy atom. The van der Waals surface area contributed by atoms with Crippen LogP contribution in [0, 0.1) is 5.41 Å². The first-order valence-corrected chi connectivity index (χ1v) is 7.23. The summed E-state index contributed by atoms with van der Waals surface area (Å²) < 4.78 is 5.04. The van der Waals surface area contributed by atoms with Crippen LogP contribution in [0.15, 0.2) is 0 Å². The maximum atomic E-state index is 12.1. The molecule has 0 spiro atoms. The maximum Gasteiger partial charge on any atom is 0.317 e. The molecule has 2 amide bonds. The Morgan fingerprint density at radius 2 is 2.05 bits per heavy atom. The van der Waals surface area contributed by atoms with Gasteiger partial charge in [-0.1, -0.05) is 13.8 Å². The van der Waals surface area contributed by atoms with Crippen LogP contribution in [0.4, 0.5) is 4.79 Å². The van der Waals surface area contributed by atoms with Gasteiger partial charge < -0.3 is 20.1 Å². The van der Waals surface area contributed by atoms with Crippen LogP contribution in [0.3, 0.4) is 0 Å². The number of carbonyl (C=O) groups excluding carboxylic acids is 1. The molecule has 0 aliphatic carbocycles. The van der Waals surface area contributed by atoms with Crippen LogP contribution >= 0.6 is 0 Å². The van der Waals surface area contributed by atoms with E-state index in [0.29, 0.717) is 0 Å². The molecule has 0 aromatic heterocycles. The van der Waals surface area contributed by atoms with Crippen LogP contribution in [0.1, 0.15) is 39.5 Å². The molecule has 0 saturated carbocycles. The molecule has 2 N–H and O–H groups in total. The van der Waals surface area contributed by atoms with Gasteiger partial charge in [0.25, 0.3) is 0 Å². The summed E-state index contributed by atoms with van der Waals surface area (Å²) in [6.07, 6.45) is 2.60. The number of likely N-dealkylation sites (tertiary alicyclic amines) is 1. The predicted molar refractivity (Wildman–Crippen MR) is 75.7 cm³/mol. The van der Waals surface area contributed by atoms with E-state index < -0.39 is 12.1 Å². The quantitative estimate of drug-likeness (QED) is 0.746. The number of aliphatic carboxylic acids is 1. The minimum Gasteiger partial charge on any atom is -0.481 e. The minimum atomic E-state index is -0.928. The molecule has 1 fully saturated rings. The van der Waals surface area contributed by atoms with Crippen molar-refractivity contribution >= 4 is 12.0 Å². The average molecular weight is 286 g/mol. The Morgan fingerprint density at radius 3 is 2.50 bits per heavy atom. The first-order chi connectivity index (χ1) is 9.46. The number of nitrogens with zero attached hydrogens (tertiary/aromatic N) is 1. The summed E-state index contributed by atoms with van der Waals surface area (Å²) >= 11 is 0. The van der Waals surface area contributed by atoms with E-state index in [0.717, 1.165) is 32.4 Å². The molecule has 0 aromatic rings. The third-order valence-corrected chi connectivity index (χ3v) is 4.44. The summed E-state index contributed by atoms with van der Waals surface area (Å²) in [6.45, 7) is 6.10. The molecular formula is C14H26N2O4. The summed E-state index contributed by atoms with van der Waals surface area (Å²) in [5.74, 6) is -0.928. The third-order valence-electron chi connectivity index (χ3n) is 4.44. The summed E-state index contributed by atoms with van der Waals surface area (Å²) in [5, 5.41) is 11.5. The molecule has 1 unspecified atom stereocenters. The maximum absolute atomic E-state index is 12.1. The van der Waals surface area contributed by atoms with Crippen LogP contribution in [0.25, 0.3) is 0 Å². The van der Waals surface area contributed by atoms with E-state index in [4.69, 9.17) is 9.84 Å². The largest absolute Gasteiger partial charge is 0.481 e. The first kappa shape index (κ1) is 16.8. The standard InChI is InChI=1S/C14H26N2O4/c1-4-14(5-2)6-7-16(10-14)13(19)15-9-11(20-3)8-12(17)18/h11H,4-10H2,1-3H3,(H,15,19)(H,17,18). The molecule has 6 heteroatoms. The Bertz CT molecular complexity index is 342. The van der Waals surface area contributed by atoms with Crippen molar-refractivity contribution in [3.05, 3.63) is 0 Å². The fourth-order valence-electron chi connectivity index (χ4n) is 2.68. The second-order valence-electron chi connectivity index (χ2n) is 5.52. The van der Waals surface area contributed by atoms with E-state index in [-0.39, 0.29) is 24.4 Å². The van der Waals surface area contributed by atoms with Crippen molar-refractivity contribution in [3.8, 4) is 0 Å². The van der Waals surface area contributed by atoms with Crippen molar-refractivity contribution in [1.29, 1.82) is 0 Å². The number of rotatable bonds is 7. The first-order valence-electron chi connectivity index (χ1n) is 7.23. The number of hydrogen-bond acceptors (Lipinski definition) is 3. The number of carboxylic acids is 1. The number of amides is 2. The molecule has 0 radical (unpaired) electrons. The second kappa shape index (κ2) is 7.47. The van der Waals surface area contributed by atoms with Gasteiger partial charge in [0.2, 0.25) is 0 Å². The van der Waals surface area contributed by atoms with E-state index in [1.807, 2.05) is 4.90 Å². The Kier molecular flexibility index (Phi) is 6.26. The molecule has 1 aliphatic heterocycles. The number of nitrogens with one attached hydrogen (secondary N) is 1. The van der Waals surface area contributed by atoms with E-state index in [2.05, 4.69) is 19.2 Å². The van der Waals surface area contributed by atoms with Crippen LogP contribution in [-0.2, 0) is 9.53 Å². The summed E-state index contributed by atoms with van der Waals surface area (Å²) in [7, 11) is 1.45. The normalized spacial score (nSPS) is 18.9. The van der Waals surface area contributed by atoms with Gasteiger partial charge in [-0.15, -0.1) is 0 Å². The number of hydrogen-bond donors (Lipinski definition) is 2. The fraction of sp³-hybridized carbons (Fsp3) is 0.857. The molecule has 1 rings (SSSR count). The Labute approximate surface area is 120 Å². The zero-order valence-electron chi connectivity index (χ0n) is 12.6. The summed E-state index contributed by atoms with van der Waals surface area (Å²) in [4.78, 5) is 24.5. The lowest BCUT2D eigenvalue weighted by Crippen LogP contribution is -2.43. The van der Waals surface area contributed by atoms with E-state index in [1.54, 1.807) is 0 Å². The Balaban J connectivity index is 2.42. The summed E-state index contributed by atoms with van der Waals surface area (Å²) in [5.41, 5.74) is 0.249. The molecule has 20 heavy (non-hydrogen) atoms. The second-order valence-corrected chi connectivity index (χ2v) is 5.52. The average Bonchev–Trinajstić information content (AvgIpc) is 2.88. The molecule has 1 atom stereocenters. The molecule has 0 bridgehead atoms. The molecule has 1 heterocycles. The molecule has 6 nitrogen and oxygen atoms in total. The highest BCUT2D eigenvalue weighted by Crippen LogP contribution is 2.36.